The molecule has 0 saturated carbocycles. The molecule has 2 heterocycles. The van der Waals surface area contributed by atoms with Crippen LogP contribution in [0.3, 0.4) is 0 Å². The first-order valence-electron chi connectivity index (χ1n) is 8.36. The molecule has 0 radical (unpaired) electrons. The highest BCUT2D eigenvalue weighted by atomic mass is 16.4. The molecule has 1 unspecified atom stereocenters. The Bertz CT molecular complexity index is 760. The molecule has 2 aromatic rings. The van der Waals surface area contributed by atoms with Crippen LogP contribution in [0, 0.1) is 5.92 Å². The Morgan fingerprint density at radius 1 is 1.25 bits per heavy atom. The molecule has 1 aromatic carbocycles. The summed E-state index contributed by atoms with van der Waals surface area (Å²) < 4.78 is 0. The van der Waals surface area contributed by atoms with Crippen LogP contribution >= 0.6 is 0 Å². The standard InChI is InChI=1S/C18H23N3O3/c1-11(2)17(22)20-12-5-6-13-14(10-19-15(13)9-12)16(18(23)24)21-7-3-4-8-21/h5-6,9-11,16,19H,3-4,7-8H2,1-2H3,(H,20,22)(H,23,24). The van der Waals surface area contributed by atoms with Crippen molar-refractivity contribution in [1.29, 1.82) is 0 Å². The van der Waals surface area contributed by atoms with Crippen LogP contribution in [0.4, 0.5) is 5.69 Å². The van der Waals surface area contributed by atoms with Crippen molar-refractivity contribution in [2.24, 2.45) is 5.92 Å². The number of likely N-dealkylation sites (tertiary alicyclic amines) is 1. The van der Waals surface area contributed by atoms with Gasteiger partial charge in [0.15, 0.2) is 0 Å². The van der Waals surface area contributed by atoms with E-state index in [1.54, 1.807) is 6.20 Å². The first kappa shape index (κ1) is 16.5. The van der Waals surface area contributed by atoms with E-state index in [0.717, 1.165) is 42.4 Å². The average molecular weight is 329 g/mol. The number of nitrogens with zero attached hydrogens (tertiary/aromatic N) is 1. The molecule has 0 aliphatic carbocycles. The Kier molecular flexibility index (Phi) is 4.57. The largest absolute Gasteiger partial charge is 0.480 e. The van der Waals surface area contributed by atoms with Crippen molar-refractivity contribution < 1.29 is 14.7 Å². The van der Waals surface area contributed by atoms with Crippen LogP contribution in [-0.4, -0.2) is 40.0 Å². The SMILES string of the molecule is CC(C)C(=O)Nc1ccc2c(C(C(=O)O)N3CCCC3)c[nH]c2c1. The molecule has 1 aliphatic heterocycles. The summed E-state index contributed by atoms with van der Waals surface area (Å²) in [5.74, 6) is -0.956. The second-order valence-corrected chi connectivity index (χ2v) is 6.63. The highest BCUT2D eigenvalue weighted by Crippen LogP contribution is 2.32. The second-order valence-electron chi connectivity index (χ2n) is 6.63. The minimum Gasteiger partial charge on any atom is -0.480 e. The van der Waals surface area contributed by atoms with E-state index in [4.69, 9.17) is 0 Å². The molecular formula is C18H23N3O3. The number of carboxylic acids is 1. The van der Waals surface area contributed by atoms with Crippen molar-refractivity contribution in [3.05, 3.63) is 30.0 Å². The zero-order valence-electron chi connectivity index (χ0n) is 14.0. The topological polar surface area (TPSA) is 85.4 Å². The monoisotopic (exact) mass is 329 g/mol. The number of hydrogen-bond donors (Lipinski definition) is 3. The highest BCUT2D eigenvalue weighted by Gasteiger charge is 2.31. The van der Waals surface area contributed by atoms with Crippen molar-refractivity contribution in [3.8, 4) is 0 Å². The number of amides is 1. The molecule has 1 aromatic heterocycles. The van der Waals surface area contributed by atoms with E-state index >= 15 is 0 Å². The third-order valence-electron chi connectivity index (χ3n) is 4.54. The van der Waals surface area contributed by atoms with E-state index in [1.807, 2.05) is 36.9 Å². The fraction of sp³-hybridized carbons (Fsp3) is 0.444. The summed E-state index contributed by atoms with van der Waals surface area (Å²) in [5.41, 5.74) is 2.32. The van der Waals surface area contributed by atoms with Gasteiger partial charge in [0, 0.05) is 34.3 Å². The number of H-pyrrole nitrogens is 1. The number of hydrogen-bond acceptors (Lipinski definition) is 3. The molecule has 3 rings (SSSR count). The fourth-order valence-electron chi connectivity index (χ4n) is 3.22. The molecule has 1 saturated heterocycles. The van der Waals surface area contributed by atoms with Gasteiger partial charge in [-0.25, -0.2) is 0 Å². The van der Waals surface area contributed by atoms with Crippen molar-refractivity contribution in [1.82, 2.24) is 9.88 Å². The Morgan fingerprint density at radius 2 is 1.96 bits per heavy atom. The number of benzene rings is 1. The van der Waals surface area contributed by atoms with E-state index in [1.165, 1.54) is 0 Å². The van der Waals surface area contributed by atoms with Gasteiger partial charge in [-0.2, -0.15) is 0 Å². The number of aliphatic carboxylic acids is 1. The van der Waals surface area contributed by atoms with Gasteiger partial charge in [0.25, 0.3) is 0 Å². The van der Waals surface area contributed by atoms with Crippen LogP contribution in [-0.2, 0) is 9.59 Å². The molecule has 3 N–H and O–H groups in total. The maximum Gasteiger partial charge on any atom is 0.325 e. The lowest BCUT2D eigenvalue weighted by molar-refractivity contribution is -0.143. The minimum absolute atomic E-state index is 0.0402. The minimum atomic E-state index is -0.824. The summed E-state index contributed by atoms with van der Waals surface area (Å²) in [6.45, 7) is 5.31. The first-order valence-corrected chi connectivity index (χ1v) is 8.36. The molecule has 1 atom stereocenters. The highest BCUT2D eigenvalue weighted by molar-refractivity contribution is 5.96. The van der Waals surface area contributed by atoms with Crippen LogP contribution in [0.1, 0.15) is 38.3 Å². The van der Waals surface area contributed by atoms with Crippen LogP contribution in [0.15, 0.2) is 24.4 Å². The number of carbonyl (C=O) groups excluding carboxylic acids is 1. The summed E-state index contributed by atoms with van der Waals surface area (Å²) in [4.78, 5) is 28.8. The molecule has 1 amide bonds. The Hall–Kier alpha value is -2.34. The first-order chi connectivity index (χ1) is 11.5. The van der Waals surface area contributed by atoms with Crippen LogP contribution < -0.4 is 5.32 Å². The Labute approximate surface area is 140 Å². The summed E-state index contributed by atoms with van der Waals surface area (Å²) in [5, 5.41) is 13.4. The number of anilines is 1. The summed E-state index contributed by atoms with van der Waals surface area (Å²) in [7, 11) is 0. The lowest BCUT2D eigenvalue weighted by atomic mass is 10.0. The number of fused-ring (bicyclic) bond motifs is 1. The quantitative estimate of drug-likeness (QED) is 0.787. The smallest absolute Gasteiger partial charge is 0.325 e. The van der Waals surface area contributed by atoms with Crippen molar-refractivity contribution in [2.45, 2.75) is 32.7 Å². The number of aromatic amines is 1. The molecule has 0 spiro atoms. The van der Waals surface area contributed by atoms with Crippen molar-refractivity contribution >= 4 is 28.5 Å². The van der Waals surface area contributed by atoms with Gasteiger partial charge in [0.1, 0.15) is 6.04 Å². The van der Waals surface area contributed by atoms with Gasteiger partial charge in [-0.15, -0.1) is 0 Å². The number of rotatable bonds is 5. The van der Waals surface area contributed by atoms with Crippen LogP contribution in [0.2, 0.25) is 0 Å². The van der Waals surface area contributed by atoms with Crippen LogP contribution in [0.25, 0.3) is 10.9 Å². The van der Waals surface area contributed by atoms with Crippen molar-refractivity contribution in [2.75, 3.05) is 18.4 Å². The van der Waals surface area contributed by atoms with E-state index in [2.05, 4.69) is 10.3 Å². The normalized spacial score (nSPS) is 16.6. The van der Waals surface area contributed by atoms with Gasteiger partial charge in [-0.3, -0.25) is 14.5 Å². The molecule has 128 valence electrons. The molecule has 6 nitrogen and oxygen atoms in total. The number of nitrogens with one attached hydrogen (secondary N) is 2. The zero-order chi connectivity index (χ0) is 17.3. The van der Waals surface area contributed by atoms with Gasteiger partial charge in [-0.1, -0.05) is 19.9 Å². The van der Waals surface area contributed by atoms with E-state index < -0.39 is 12.0 Å². The summed E-state index contributed by atoms with van der Waals surface area (Å²) in [6, 6.07) is 4.92. The fourth-order valence-corrected chi connectivity index (χ4v) is 3.22. The summed E-state index contributed by atoms with van der Waals surface area (Å²) >= 11 is 0. The average Bonchev–Trinajstić information content (AvgIpc) is 3.18. The molecule has 6 heteroatoms. The number of carboxylic acid groups (broad SMARTS) is 1. The Morgan fingerprint density at radius 3 is 2.58 bits per heavy atom. The third kappa shape index (κ3) is 3.14. The zero-order valence-corrected chi connectivity index (χ0v) is 14.0. The maximum atomic E-state index is 11.8. The van der Waals surface area contributed by atoms with Crippen LogP contribution in [0.5, 0.6) is 0 Å². The second kappa shape index (κ2) is 6.65. The van der Waals surface area contributed by atoms with Gasteiger partial charge in [0.05, 0.1) is 0 Å². The maximum absolute atomic E-state index is 11.8. The lowest BCUT2D eigenvalue weighted by Crippen LogP contribution is -2.31. The van der Waals surface area contributed by atoms with E-state index in [9.17, 15) is 14.7 Å². The lowest BCUT2D eigenvalue weighted by Gasteiger charge is -2.23. The molecule has 1 fully saturated rings. The summed E-state index contributed by atoms with van der Waals surface area (Å²) in [6.07, 6.45) is 3.85. The van der Waals surface area contributed by atoms with E-state index in [0.29, 0.717) is 5.69 Å². The molecule has 24 heavy (non-hydrogen) atoms. The third-order valence-corrected chi connectivity index (χ3v) is 4.54. The Balaban J connectivity index is 1.92. The molecular weight excluding hydrogens is 306 g/mol. The molecule has 0 bridgehead atoms. The van der Waals surface area contributed by atoms with Gasteiger partial charge < -0.3 is 15.4 Å². The van der Waals surface area contributed by atoms with Gasteiger partial charge in [-0.05, 0) is 38.1 Å². The number of aromatic nitrogens is 1. The van der Waals surface area contributed by atoms with Gasteiger partial charge in [0.2, 0.25) is 5.91 Å². The predicted molar refractivity (Wildman–Crippen MR) is 93.0 cm³/mol. The van der Waals surface area contributed by atoms with Gasteiger partial charge >= 0.3 is 5.97 Å². The van der Waals surface area contributed by atoms with E-state index in [-0.39, 0.29) is 11.8 Å². The molecule has 1 aliphatic rings. The van der Waals surface area contributed by atoms with Crippen molar-refractivity contribution in [3.63, 3.8) is 0 Å². The predicted octanol–water partition coefficient (Wildman–Crippen LogP) is 2.98. The number of carbonyl (C=O) groups is 2.